The highest BCUT2D eigenvalue weighted by atomic mass is 35.5. The van der Waals surface area contributed by atoms with Crippen LogP contribution in [0.25, 0.3) is 0 Å². The van der Waals surface area contributed by atoms with Gasteiger partial charge < -0.3 is 10.1 Å². The summed E-state index contributed by atoms with van der Waals surface area (Å²) in [6, 6.07) is 10.4. The molecule has 160 valence electrons. The van der Waals surface area contributed by atoms with Crippen LogP contribution in [0, 0.1) is 5.92 Å². The second-order valence-electron chi connectivity index (χ2n) is 7.86. The van der Waals surface area contributed by atoms with Crippen molar-refractivity contribution in [2.24, 2.45) is 5.92 Å². The Bertz CT molecular complexity index is 937. The highest BCUT2D eigenvalue weighted by Crippen LogP contribution is 2.38. The van der Waals surface area contributed by atoms with E-state index in [1.165, 1.54) is 6.07 Å². The zero-order chi connectivity index (χ0) is 21.8. The Kier molecular flexibility index (Phi) is 7.67. The van der Waals surface area contributed by atoms with Crippen LogP contribution < -0.4 is 5.32 Å². The van der Waals surface area contributed by atoms with Gasteiger partial charge in [0.2, 0.25) is 0 Å². The molecule has 1 fully saturated rings. The molecule has 0 spiro atoms. The van der Waals surface area contributed by atoms with Crippen LogP contribution >= 0.6 is 34.8 Å². The van der Waals surface area contributed by atoms with Crippen LogP contribution in [0.15, 0.2) is 36.4 Å². The van der Waals surface area contributed by atoms with Crippen molar-refractivity contribution in [1.29, 1.82) is 0 Å². The molecule has 0 aliphatic heterocycles. The number of ether oxygens (including phenoxy) is 1. The van der Waals surface area contributed by atoms with Crippen molar-refractivity contribution in [2.45, 2.75) is 51.6 Å². The summed E-state index contributed by atoms with van der Waals surface area (Å²) < 4.78 is 5.34. The molecular formula is C23H24Cl3NO3. The van der Waals surface area contributed by atoms with E-state index in [-0.39, 0.29) is 23.9 Å². The Morgan fingerprint density at radius 3 is 2.23 bits per heavy atom. The number of carbonyl (C=O) groups is 2. The van der Waals surface area contributed by atoms with Gasteiger partial charge in [-0.3, -0.25) is 9.59 Å². The van der Waals surface area contributed by atoms with Crippen LogP contribution in [0.2, 0.25) is 15.1 Å². The molecule has 1 saturated carbocycles. The van der Waals surface area contributed by atoms with E-state index in [9.17, 15) is 9.59 Å². The summed E-state index contributed by atoms with van der Waals surface area (Å²) in [6.07, 6.45) is 3.35. The van der Waals surface area contributed by atoms with Gasteiger partial charge in [0.25, 0.3) is 5.91 Å². The topological polar surface area (TPSA) is 55.4 Å². The molecule has 7 heteroatoms. The first kappa shape index (κ1) is 22.9. The van der Waals surface area contributed by atoms with Gasteiger partial charge in [-0.2, -0.15) is 0 Å². The van der Waals surface area contributed by atoms with Gasteiger partial charge in [-0.15, -0.1) is 0 Å². The lowest BCUT2D eigenvalue weighted by Crippen LogP contribution is -2.25. The minimum atomic E-state index is -0.313. The fraction of sp³-hybridized carbons (Fsp3) is 0.391. The zero-order valence-electron chi connectivity index (χ0n) is 16.9. The number of carbonyl (C=O) groups excluding carboxylic acids is 2. The van der Waals surface area contributed by atoms with Gasteiger partial charge in [-0.1, -0.05) is 40.9 Å². The zero-order valence-corrected chi connectivity index (χ0v) is 19.2. The molecule has 0 saturated heterocycles. The second-order valence-corrected chi connectivity index (χ2v) is 9.08. The molecule has 2 aromatic carbocycles. The van der Waals surface area contributed by atoms with E-state index in [2.05, 4.69) is 5.32 Å². The van der Waals surface area contributed by atoms with Crippen LogP contribution in [0.5, 0.6) is 0 Å². The van der Waals surface area contributed by atoms with Gasteiger partial charge >= 0.3 is 5.97 Å². The Balaban J connectivity index is 1.62. The van der Waals surface area contributed by atoms with E-state index in [1.807, 2.05) is 32.0 Å². The molecule has 30 heavy (non-hydrogen) atoms. The molecule has 0 atom stereocenters. The number of hydrogen-bond donors (Lipinski definition) is 1. The predicted octanol–water partition coefficient (Wildman–Crippen LogP) is 7.12. The molecule has 4 nitrogen and oxygen atoms in total. The summed E-state index contributed by atoms with van der Waals surface area (Å²) in [5, 5.41) is 3.99. The first-order valence-electron chi connectivity index (χ1n) is 10.0. The third-order valence-corrected chi connectivity index (χ3v) is 6.36. The number of esters is 1. The van der Waals surface area contributed by atoms with E-state index < -0.39 is 0 Å². The Morgan fingerprint density at radius 1 is 0.933 bits per heavy atom. The molecule has 3 rings (SSSR count). The summed E-state index contributed by atoms with van der Waals surface area (Å²) in [6.45, 7) is 3.74. The van der Waals surface area contributed by atoms with Crippen molar-refractivity contribution in [1.82, 2.24) is 0 Å². The average molecular weight is 469 g/mol. The number of rotatable bonds is 5. The largest absolute Gasteiger partial charge is 0.463 e. The highest BCUT2D eigenvalue weighted by Gasteiger charge is 2.28. The lowest BCUT2D eigenvalue weighted by atomic mass is 9.78. The Hall–Kier alpha value is -1.75. The average Bonchev–Trinajstić information content (AvgIpc) is 2.71. The van der Waals surface area contributed by atoms with Crippen molar-refractivity contribution in [3.8, 4) is 0 Å². The molecule has 0 unspecified atom stereocenters. The summed E-state index contributed by atoms with van der Waals surface area (Å²) >= 11 is 18.3. The summed E-state index contributed by atoms with van der Waals surface area (Å²) in [7, 11) is 0. The summed E-state index contributed by atoms with van der Waals surface area (Å²) in [4.78, 5) is 24.6. The van der Waals surface area contributed by atoms with E-state index in [0.29, 0.717) is 32.2 Å². The van der Waals surface area contributed by atoms with Crippen molar-refractivity contribution < 1.29 is 14.3 Å². The van der Waals surface area contributed by atoms with Crippen molar-refractivity contribution in [3.05, 3.63) is 62.6 Å². The maximum Gasteiger partial charge on any atom is 0.309 e. The van der Waals surface area contributed by atoms with Gasteiger partial charge in [0.15, 0.2) is 0 Å². The Morgan fingerprint density at radius 2 is 1.63 bits per heavy atom. The second kappa shape index (κ2) is 10.0. The lowest BCUT2D eigenvalue weighted by molar-refractivity contribution is -0.153. The van der Waals surface area contributed by atoms with E-state index in [4.69, 9.17) is 39.5 Å². The van der Waals surface area contributed by atoms with Gasteiger partial charge in [0.05, 0.1) is 32.8 Å². The number of halogens is 3. The minimum Gasteiger partial charge on any atom is -0.463 e. The first-order chi connectivity index (χ1) is 14.2. The molecule has 2 aromatic rings. The number of hydrogen-bond acceptors (Lipinski definition) is 3. The van der Waals surface area contributed by atoms with E-state index in [1.54, 1.807) is 12.1 Å². The minimum absolute atomic E-state index is 0.0242. The van der Waals surface area contributed by atoms with Crippen LogP contribution in [0.1, 0.15) is 61.4 Å². The molecule has 1 N–H and O–H groups in total. The standard InChI is InChI=1S/C23H24Cl3NO3/c1-13(2)30-23(29)15-5-3-14(4-6-15)16-8-10-21(20(26)11-16)27-22(28)17-7-9-18(24)19(25)12-17/h7-15H,3-6H2,1-2H3,(H,27,28)/t14-,15-. The Labute approximate surface area is 191 Å². The maximum atomic E-state index is 12.5. The number of anilines is 1. The molecule has 1 aliphatic carbocycles. The van der Waals surface area contributed by atoms with Gasteiger partial charge in [-0.05, 0) is 81.3 Å². The molecule has 0 aromatic heterocycles. The number of benzene rings is 2. The highest BCUT2D eigenvalue weighted by molar-refractivity contribution is 6.42. The third-order valence-electron chi connectivity index (χ3n) is 5.31. The van der Waals surface area contributed by atoms with Crippen LogP contribution in [-0.2, 0) is 9.53 Å². The van der Waals surface area contributed by atoms with E-state index >= 15 is 0 Å². The lowest BCUT2D eigenvalue weighted by Gasteiger charge is -2.28. The third kappa shape index (κ3) is 5.69. The summed E-state index contributed by atoms with van der Waals surface area (Å²) in [5.41, 5.74) is 2.05. The number of nitrogens with one attached hydrogen (secondary N) is 1. The van der Waals surface area contributed by atoms with Crippen molar-refractivity contribution in [2.75, 3.05) is 5.32 Å². The SMILES string of the molecule is CC(C)OC(=O)[C@H]1CC[C@H](c2ccc(NC(=O)c3ccc(Cl)c(Cl)c3)c(Cl)c2)CC1. The van der Waals surface area contributed by atoms with Crippen LogP contribution in [0.4, 0.5) is 5.69 Å². The first-order valence-corrected chi connectivity index (χ1v) is 11.1. The maximum absolute atomic E-state index is 12.5. The fourth-order valence-corrected chi connectivity index (χ4v) is 4.24. The molecule has 1 aliphatic rings. The van der Waals surface area contributed by atoms with Gasteiger partial charge in [-0.25, -0.2) is 0 Å². The predicted molar refractivity (Wildman–Crippen MR) is 122 cm³/mol. The molecule has 0 bridgehead atoms. The van der Waals surface area contributed by atoms with Crippen molar-refractivity contribution in [3.63, 3.8) is 0 Å². The van der Waals surface area contributed by atoms with Crippen LogP contribution in [-0.4, -0.2) is 18.0 Å². The monoisotopic (exact) mass is 467 g/mol. The van der Waals surface area contributed by atoms with Crippen molar-refractivity contribution >= 4 is 52.4 Å². The smallest absolute Gasteiger partial charge is 0.309 e. The molecule has 0 radical (unpaired) electrons. The molecular weight excluding hydrogens is 445 g/mol. The van der Waals surface area contributed by atoms with Gasteiger partial charge in [0, 0.05) is 5.56 Å². The molecule has 1 amide bonds. The van der Waals surface area contributed by atoms with Gasteiger partial charge in [0.1, 0.15) is 0 Å². The fourth-order valence-electron chi connectivity index (χ4n) is 3.71. The molecule has 0 heterocycles. The summed E-state index contributed by atoms with van der Waals surface area (Å²) in [5.74, 6) is -0.0939. The van der Waals surface area contributed by atoms with Crippen LogP contribution in [0.3, 0.4) is 0 Å². The van der Waals surface area contributed by atoms with E-state index in [0.717, 1.165) is 31.2 Å². The normalized spacial score (nSPS) is 18.9. The number of amides is 1. The quantitative estimate of drug-likeness (QED) is 0.475.